The van der Waals surface area contributed by atoms with Gasteiger partial charge >= 0.3 is 12.0 Å². The first-order chi connectivity index (χ1) is 11.5. The molecule has 1 aromatic carbocycles. The first kappa shape index (κ1) is 17.1. The number of hydrogen-bond acceptors (Lipinski definition) is 4. The maximum absolute atomic E-state index is 12.7. The van der Waals surface area contributed by atoms with Crippen LogP contribution in [-0.2, 0) is 16.0 Å². The molecule has 1 atom stereocenters. The van der Waals surface area contributed by atoms with E-state index >= 15 is 0 Å². The molecule has 1 aromatic heterocycles. The normalized spacial score (nSPS) is 16.5. The molecule has 2 aromatic rings. The highest BCUT2D eigenvalue weighted by atomic mass is 35.5. The molecule has 0 bridgehead atoms. The largest absolute Gasteiger partial charge is 0.467 e. The van der Waals surface area contributed by atoms with Gasteiger partial charge in [0.1, 0.15) is 0 Å². The molecular weight excluding hydrogens is 371 g/mol. The van der Waals surface area contributed by atoms with Gasteiger partial charge in [-0.05, 0) is 41.6 Å². The number of carbonyl (C=O) groups is 2. The fraction of sp³-hybridized carbons (Fsp3) is 0.250. The van der Waals surface area contributed by atoms with E-state index in [1.165, 1.54) is 12.0 Å². The smallest absolute Gasteiger partial charge is 0.333 e. The van der Waals surface area contributed by atoms with Crippen LogP contribution in [0.25, 0.3) is 0 Å². The summed E-state index contributed by atoms with van der Waals surface area (Å²) in [5.41, 5.74) is 1.33. The van der Waals surface area contributed by atoms with Crippen molar-refractivity contribution in [2.45, 2.75) is 12.5 Å². The quantitative estimate of drug-likeness (QED) is 0.782. The highest BCUT2D eigenvalue weighted by molar-refractivity contribution is 7.10. The summed E-state index contributed by atoms with van der Waals surface area (Å²) < 4.78 is 4.89. The van der Waals surface area contributed by atoms with Gasteiger partial charge in [-0.15, -0.1) is 11.3 Å². The Kier molecular flexibility index (Phi) is 4.99. The monoisotopic (exact) mass is 384 g/mol. The molecule has 0 spiro atoms. The van der Waals surface area contributed by atoms with Gasteiger partial charge in [-0.25, -0.2) is 9.59 Å². The summed E-state index contributed by atoms with van der Waals surface area (Å²) in [5, 5.41) is 5.42. The van der Waals surface area contributed by atoms with Crippen molar-refractivity contribution in [2.24, 2.45) is 0 Å². The summed E-state index contributed by atoms with van der Waals surface area (Å²) in [6.45, 7) is 0.431. The Hall–Kier alpha value is -1.76. The Morgan fingerprint density at radius 3 is 2.79 bits per heavy atom. The number of methoxy groups -OCH3 is 1. The molecule has 5 nitrogen and oxygen atoms in total. The minimum Gasteiger partial charge on any atom is -0.467 e. The number of halogens is 2. The van der Waals surface area contributed by atoms with E-state index in [2.05, 4.69) is 5.32 Å². The third kappa shape index (κ3) is 3.22. The number of amides is 2. The van der Waals surface area contributed by atoms with E-state index < -0.39 is 12.0 Å². The third-order valence-electron chi connectivity index (χ3n) is 3.82. The van der Waals surface area contributed by atoms with Crippen LogP contribution in [0.3, 0.4) is 0 Å². The van der Waals surface area contributed by atoms with E-state index in [1.807, 2.05) is 11.4 Å². The number of ether oxygens (including phenoxy) is 1. The van der Waals surface area contributed by atoms with Gasteiger partial charge in [-0.3, -0.25) is 0 Å². The van der Waals surface area contributed by atoms with Crippen molar-refractivity contribution >= 4 is 52.2 Å². The minimum absolute atomic E-state index is 0.345. The van der Waals surface area contributed by atoms with E-state index in [0.29, 0.717) is 28.7 Å². The van der Waals surface area contributed by atoms with Crippen molar-refractivity contribution in [1.82, 2.24) is 4.90 Å². The molecule has 1 aliphatic rings. The van der Waals surface area contributed by atoms with Gasteiger partial charge in [0.2, 0.25) is 0 Å². The van der Waals surface area contributed by atoms with Crippen LogP contribution in [0.1, 0.15) is 16.5 Å². The van der Waals surface area contributed by atoms with Crippen LogP contribution in [0.4, 0.5) is 10.5 Å². The summed E-state index contributed by atoms with van der Waals surface area (Å²) >= 11 is 13.4. The molecule has 0 radical (unpaired) electrons. The zero-order valence-corrected chi connectivity index (χ0v) is 15.0. The number of nitrogens with zero attached hydrogens (tertiary/aromatic N) is 1. The predicted octanol–water partition coefficient (Wildman–Crippen LogP) is 4.36. The molecule has 2 amide bonds. The molecule has 1 aliphatic heterocycles. The average Bonchev–Trinajstić information content (AvgIpc) is 3.05. The lowest BCUT2D eigenvalue weighted by atomic mass is 10.0. The molecule has 126 valence electrons. The molecule has 0 aliphatic carbocycles. The zero-order chi connectivity index (χ0) is 17.3. The fourth-order valence-electron chi connectivity index (χ4n) is 2.67. The number of rotatable bonds is 2. The number of urea groups is 1. The van der Waals surface area contributed by atoms with E-state index in [-0.39, 0.29) is 6.03 Å². The predicted molar refractivity (Wildman–Crippen MR) is 95.0 cm³/mol. The van der Waals surface area contributed by atoms with Gasteiger partial charge in [-0.2, -0.15) is 0 Å². The van der Waals surface area contributed by atoms with Crippen LogP contribution in [0.2, 0.25) is 10.0 Å². The van der Waals surface area contributed by atoms with Crippen LogP contribution >= 0.6 is 34.5 Å². The van der Waals surface area contributed by atoms with Crippen molar-refractivity contribution < 1.29 is 14.3 Å². The van der Waals surface area contributed by atoms with E-state index in [9.17, 15) is 9.59 Å². The van der Waals surface area contributed by atoms with E-state index in [4.69, 9.17) is 27.9 Å². The summed E-state index contributed by atoms with van der Waals surface area (Å²) in [7, 11) is 1.32. The lowest BCUT2D eigenvalue weighted by Gasteiger charge is -2.33. The van der Waals surface area contributed by atoms with Gasteiger partial charge in [0.15, 0.2) is 6.04 Å². The first-order valence-electron chi connectivity index (χ1n) is 7.18. The molecule has 24 heavy (non-hydrogen) atoms. The minimum atomic E-state index is -0.743. The molecular formula is C16H14Cl2N2O3S. The second-order valence-electron chi connectivity index (χ2n) is 5.23. The molecule has 0 saturated heterocycles. The zero-order valence-electron chi connectivity index (χ0n) is 12.7. The molecule has 1 unspecified atom stereocenters. The van der Waals surface area contributed by atoms with Crippen LogP contribution < -0.4 is 5.32 Å². The highest BCUT2D eigenvalue weighted by Gasteiger charge is 2.37. The van der Waals surface area contributed by atoms with Crippen molar-refractivity contribution in [3.8, 4) is 0 Å². The summed E-state index contributed by atoms with van der Waals surface area (Å²) in [5.74, 6) is -0.460. The number of thiophene rings is 1. The number of carbonyl (C=O) groups excluding carboxylic acids is 2. The van der Waals surface area contributed by atoms with Gasteiger partial charge < -0.3 is 15.0 Å². The van der Waals surface area contributed by atoms with Gasteiger partial charge in [0.25, 0.3) is 0 Å². The molecule has 8 heteroatoms. The Balaban J connectivity index is 1.85. The van der Waals surface area contributed by atoms with Crippen LogP contribution in [-0.4, -0.2) is 30.6 Å². The Morgan fingerprint density at radius 2 is 2.08 bits per heavy atom. The Bertz CT molecular complexity index is 793. The number of nitrogens with one attached hydrogen (secondary N) is 1. The van der Waals surface area contributed by atoms with E-state index in [0.717, 1.165) is 10.4 Å². The number of esters is 1. The second-order valence-corrected chi connectivity index (χ2v) is 7.04. The number of anilines is 1. The lowest BCUT2D eigenvalue weighted by molar-refractivity contribution is -0.146. The van der Waals surface area contributed by atoms with Crippen molar-refractivity contribution in [3.63, 3.8) is 0 Å². The van der Waals surface area contributed by atoms with Gasteiger partial charge in [0, 0.05) is 17.1 Å². The van der Waals surface area contributed by atoms with E-state index in [1.54, 1.807) is 29.5 Å². The molecule has 1 N–H and O–H groups in total. The van der Waals surface area contributed by atoms with Crippen molar-refractivity contribution in [3.05, 3.63) is 50.1 Å². The maximum atomic E-state index is 12.7. The Morgan fingerprint density at radius 1 is 1.29 bits per heavy atom. The van der Waals surface area contributed by atoms with Gasteiger partial charge in [-0.1, -0.05) is 23.2 Å². The summed E-state index contributed by atoms with van der Waals surface area (Å²) in [6, 6.07) is 5.55. The van der Waals surface area contributed by atoms with Crippen LogP contribution in [0.15, 0.2) is 29.6 Å². The van der Waals surface area contributed by atoms with Crippen molar-refractivity contribution in [2.75, 3.05) is 19.0 Å². The SMILES string of the molecule is COC(=O)C1c2ccsc2CCN1C(=O)Nc1ccc(Cl)c(Cl)c1. The van der Waals surface area contributed by atoms with Crippen LogP contribution in [0, 0.1) is 0 Å². The highest BCUT2D eigenvalue weighted by Crippen LogP contribution is 2.34. The molecule has 0 fully saturated rings. The standard InChI is InChI=1S/C16H14Cl2N2O3S/c1-23-15(21)14-10-5-7-24-13(10)4-6-20(14)16(22)19-9-2-3-11(17)12(18)8-9/h2-3,5,7-8,14H,4,6H2,1H3,(H,19,22). The number of fused-ring (bicyclic) bond motifs is 1. The molecule has 3 rings (SSSR count). The Labute approximate surface area is 153 Å². The maximum Gasteiger partial charge on any atom is 0.333 e. The first-order valence-corrected chi connectivity index (χ1v) is 8.81. The number of benzene rings is 1. The lowest BCUT2D eigenvalue weighted by Crippen LogP contribution is -2.45. The second kappa shape index (κ2) is 7.01. The fourth-order valence-corrected chi connectivity index (χ4v) is 3.87. The summed E-state index contributed by atoms with van der Waals surface area (Å²) in [4.78, 5) is 27.5. The topological polar surface area (TPSA) is 58.6 Å². The number of hydrogen-bond donors (Lipinski definition) is 1. The summed E-state index contributed by atoms with van der Waals surface area (Å²) in [6.07, 6.45) is 0.704. The third-order valence-corrected chi connectivity index (χ3v) is 5.56. The van der Waals surface area contributed by atoms with Crippen molar-refractivity contribution in [1.29, 1.82) is 0 Å². The molecule has 0 saturated carbocycles. The molecule has 2 heterocycles. The van der Waals surface area contributed by atoms with Crippen LogP contribution in [0.5, 0.6) is 0 Å². The van der Waals surface area contributed by atoms with Gasteiger partial charge in [0.05, 0.1) is 17.2 Å². The average molecular weight is 385 g/mol.